The minimum Gasteiger partial charge on any atom is -0.480 e. The van der Waals surface area contributed by atoms with Crippen molar-refractivity contribution in [1.82, 2.24) is 15.1 Å². The molecule has 9 nitrogen and oxygen atoms in total. The lowest BCUT2D eigenvalue weighted by Crippen LogP contribution is -2.53. The molecule has 194 valence electrons. The molecule has 1 aliphatic carbocycles. The summed E-state index contributed by atoms with van der Waals surface area (Å²) in [5.74, 6) is -1.89. The number of hydrogen-bond acceptors (Lipinski definition) is 5. The average Bonchev–Trinajstić information content (AvgIpc) is 3.61. The molecule has 2 aromatic rings. The molecule has 0 radical (unpaired) electrons. The molecule has 1 unspecified atom stereocenters. The van der Waals surface area contributed by atoms with Crippen LogP contribution in [0.1, 0.15) is 43.2 Å². The van der Waals surface area contributed by atoms with E-state index in [0.29, 0.717) is 32.4 Å². The molecule has 0 aromatic heterocycles. The molecule has 2 heterocycles. The van der Waals surface area contributed by atoms with Gasteiger partial charge in [-0.3, -0.25) is 19.3 Å². The fourth-order valence-corrected chi connectivity index (χ4v) is 5.93. The van der Waals surface area contributed by atoms with Gasteiger partial charge in [-0.1, -0.05) is 55.5 Å². The van der Waals surface area contributed by atoms with Crippen molar-refractivity contribution in [3.8, 4) is 11.1 Å². The first kappa shape index (κ1) is 24.8. The van der Waals surface area contributed by atoms with Crippen molar-refractivity contribution in [1.29, 1.82) is 0 Å². The maximum atomic E-state index is 13.5. The highest BCUT2D eigenvalue weighted by Gasteiger charge is 2.44. The molecule has 3 aliphatic rings. The lowest BCUT2D eigenvalue weighted by atomic mass is 9.98. The summed E-state index contributed by atoms with van der Waals surface area (Å²) in [6.45, 7) is 2.42. The maximum Gasteiger partial charge on any atom is 0.410 e. The monoisotopic (exact) mass is 505 g/mol. The predicted octanol–water partition coefficient (Wildman–Crippen LogP) is 2.84. The smallest absolute Gasteiger partial charge is 0.410 e. The van der Waals surface area contributed by atoms with Crippen LogP contribution in [0.3, 0.4) is 0 Å². The molecule has 2 aromatic carbocycles. The van der Waals surface area contributed by atoms with Crippen LogP contribution in [0.5, 0.6) is 0 Å². The number of nitrogens with zero attached hydrogens (tertiary/aromatic N) is 2. The van der Waals surface area contributed by atoms with Gasteiger partial charge >= 0.3 is 12.1 Å². The molecule has 37 heavy (non-hydrogen) atoms. The van der Waals surface area contributed by atoms with E-state index in [1.54, 1.807) is 0 Å². The second-order valence-corrected chi connectivity index (χ2v) is 10.1. The summed E-state index contributed by atoms with van der Waals surface area (Å²) in [7, 11) is 0. The number of likely N-dealkylation sites (tertiary alicyclic amines) is 2. The van der Waals surface area contributed by atoms with Crippen LogP contribution in [0.15, 0.2) is 48.5 Å². The Balaban J connectivity index is 1.26. The zero-order valence-corrected chi connectivity index (χ0v) is 20.8. The first-order chi connectivity index (χ1) is 17.8. The molecule has 2 saturated heterocycles. The van der Waals surface area contributed by atoms with Crippen LogP contribution in [0.25, 0.3) is 11.1 Å². The van der Waals surface area contributed by atoms with Gasteiger partial charge in [0.2, 0.25) is 11.8 Å². The third kappa shape index (κ3) is 4.77. The lowest BCUT2D eigenvalue weighted by Gasteiger charge is -2.30. The number of rotatable bonds is 6. The molecule has 3 amide bonds. The van der Waals surface area contributed by atoms with Crippen molar-refractivity contribution in [3.63, 3.8) is 0 Å². The molecule has 9 heteroatoms. The van der Waals surface area contributed by atoms with Gasteiger partial charge in [0.1, 0.15) is 25.2 Å². The summed E-state index contributed by atoms with van der Waals surface area (Å²) in [5, 5.41) is 11.3. The van der Waals surface area contributed by atoms with Gasteiger partial charge in [-0.05, 0) is 47.4 Å². The molecule has 2 aliphatic heterocycles. The number of hydrogen-bond donors (Lipinski definition) is 2. The summed E-state index contributed by atoms with van der Waals surface area (Å²) >= 11 is 0. The van der Waals surface area contributed by atoms with E-state index in [-0.39, 0.29) is 24.3 Å². The third-order valence-electron chi connectivity index (χ3n) is 7.62. The second-order valence-electron chi connectivity index (χ2n) is 10.1. The SMILES string of the molecule is C[C@H]1C[C@@H](C(=O)NCC(=O)O)N(C(=O)C2CCCN2C(=O)OCC2c3ccccc3-c3ccccc32)C1. The fraction of sp³-hybridized carbons (Fsp3) is 0.429. The number of benzene rings is 2. The molecule has 0 saturated carbocycles. The molecule has 3 atom stereocenters. The molecule has 0 spiro atoms. The van der Waals surface area contributed by atoms with Gasteiger partial charge in [0.25, 0.3) is 0 Å². The average molecular weight is 506 g/mol. The van der Waals surface area contributed by atoms with Gasteiger partial charge in [0.15, 0.2) is 0 Å². The standard InChI is InChI=1S/C28H31N3O6/c1-17-13-24(26(34)29-14-25(32)33)31(15-17)27(35)23-11-6-12-30(23)28(36)37-16-22-20-9-4-2-7-18(20)19-8-3-5-10-21(19)22/h2-5,7-10,17,22-24H,6,11-16H2,1H3,(H,29,34)(H,32,33)/t17-,23?,24-/m0/s1. The first-order valence-electron chi connectivity index (χ1n) is 12.8. The largest absolute Gasteiger partial charge is 0.480 e. The van der Waals surface area contributed by atoms with Gasteiger partial charge in [0, 0.05) is 19.0 Å². The number of carboxylic acids is 1. The number of carboxylic acid groups (broad SMARTS) is 1. The highest BCUT2D eigenvalue weighted by Crippen LogP contribution is 2.44. The van der Waals surface area contributed by atoms with Gasteiger partial charge in [0.05, 0.1) is 0 Å². The van der Waals surface area contributed by atoms with Crippen molar-refractivity contribution in [3.05, 3.63) is 59.7 Å². The zero-order valence-electron chi connectivity index (χ0n) is 20.8. The number of carbonyl (C=O) groups excluding carboxylic acids is 3. The number of ether oxygens (including phenoxy) is 1. The Kier molecular flexibility index (Phi) is 6.86. The van der Waals surface area contributed by atoms with E-state index in [0.717, 1.165) is 22.3 Å². The summed E-state index contributed by atoms with van der Waals surface area (Å²) in [4.78, 5) is 53.2. The van der Waals surface area contributed by atoms with Crippen LogP contribution < -0.4 is 5.32 Å². The summed E-state index contributed by atoms with van der Waals surface area (Å²) in [6, 6.07) is 14.8. The molecule has 5 rings (SSSR count). The van der Waals surface area contributed by atoms with Crippen LogP contribution in [-0.4, -0.2) is 77.1 Å². The number of amides is 3. The number of carbonyl (C=O) groups is 4. The minimum atomic E-state index is -1.14. The van der Waals surface area contributed by atoms with Crippen LogP contribution in [0.2, 0.25) is 0 Å². The van der Waals surface area contributed by atoms with E-state index in [9.17, 15) is 19.2 Å². The van der Waals surface area contributed by atoms with Gasteiger partial charge in [-0.2, -0.15) is 0 Å². The highest BCUT2D eigenvalue weighted by molar-refractivity contribution is 5.93. The molecular formula is C28H31N3O6. The number of fused-ring (bicyclic) bond motifs is 3. The van der Waals surface area contributed by atoms with Crippen molar-refractivity contribution >= 4 is 23.9 Å². The van der Waals surface area contributed by atoms with Crippen molar-refractivity contribution in [2.45, 2.75) is 44.2 Å². The van der Waals surface area contributed by atoms with E-state index < -0.39 is 36.6 Å². The highest BCUT2D eigenvalue weighted by atomic mass is 16.6. The number of nitrogens with one attached hydrogen (secondary N) is 1. The van der Waals surface area contributed by atoms with E-state index >= 15 is 0 Å². The molecule has 0 bridgehead atoms. The summed E-state index contributed by atoms with van der Waals surface area (Å²) in [6.07, 6.45) is 1.09. The summed E-state index contributed by atoms with van der Waals surface area (Å²) < 4.78 is 5.80. The maximum absolute atomic E-state index is 13.5. The Morgan fingerprint density at radius 3 is 2.27 bits per heavy atom. The molecule has 2 fully saturated rings. The van der Waals surface area contributed by atoms with Gasteiger partial charge < -0.3 is 20.1 Å². The van der Waals surface area contributed by atoms with Gasteiger partial charge in [-0.25, -0.2) is 4.79 Å². The second kappa shape index (κ2) is 10.2. The Morgan fingerprint density at radius 1 is 0.973 bits per heavy atom. The van der Waals surface area contributed by atoms with Crippen LogP contribution in [0.4, 0.5) is 4.79 Å². The van der Waals surface area contributed by atoms with Gasteiger partial charge in [-0.15, -0.1) is 0 Å². The zero-order chi connectivity index (χ0) is 26.1. The Labute approximate surface area is 215 Å². The predicted molar refractivity (Wildman–Crippen MR) is 135 cm³/mol. The Bertz CT molecular complexity index is 1180. The molecule has 2 N–H and O–H groups in total. The topological polar surface area (TPSA) is 116 Å². The van der Waals surface area contributed by atoms with Crippen LogP contribution >= 0.6 is 0 Å². The van der Waals surface area contributed by atoms with Crippen molar-refractivity contribution in [2.75, 3.05) is 26.2 Å². The first-order valence-corrected chi connectivity index (χ1v) is 12.8. The van der Waals surface area contributed by atoms with E-state index in [2.05, 4.69) is 29.6 Å². The quantitative estimate of drug-likeness (QED) is 0.624. The van der Waals surface area contributed by atoms with Crippen LogP contribution in [0, 0.1) is 5.92 Å². The normalized spacial score (nSPS) is 22.5. The minimum absolute atomic E-state index is 0.0742. The van der Waals surface area contributed by atoms with Crippen molar-refractivity contribution < 1.29 is 29.0 Å². The fourth-order valence-electron chi connectivity index (χ4n) is 5.93. The number of aliphatic carboxylic acids is 1. The van der Waals surface area contributed by atoms with E-state index in [1.807, 2.05) is 31.2 Å². The van der Waals surface area contributed by atoms with Crippen LogP contribution in [-0.2, 0) is 19.1 Å². The third-order valence-corrected chi connectivity index (χ3v) is 7.62. The van der Waals surface area contributed by atoms with E-state index in [1.165, 1.54) is 9.80 Å². The lowest BCUT2D eigenvalue weighted by molar-refractivity contribution is -0.142. The molecular weight excluding hydrogens is 474 g/mol. The summed E-state index contributed by atoms with van der Waals surface area (Å²) in [5.41, 5.74) is 4.52. The Morgan fingerprint density at radius 2 is 1.62 bits per heavy atom. The van der Waals surface area contributed by atoms with Crippen molar-refractivity contribution in [2.24, 2.45) is 5.92 Å². The Hall–Kier alpha value is -3.88. The van der Waals surface area contributed by atoms with E-state index in [4.69, 9.17) is 9.84 Å².